The topological polar surface area (TPSA) is 37.4 Å². The molecule has 1 saturated heterocycles. The quantitative estimate of drug-likeness (QED) is 0.481. The Morgan fingerprint density at radius 1 is 1.08 bits per heavy atom. The molecule has 2 rings (SSSR count). The highest BCUT2D eigenvalue weighted by Crippen LogP contribution is 2.28. The molecule has 1 aliphatic carbocycles. The van der Waals surface area contributed by atoms with Crippen LogP contribution in [0.5, 0.6) is 0 Å². The van der Waals surface area contributed by atoms with Crippen LogP contribution in [0.15, 0.2) is 36.5 Å². The second kappa shape index (κ2) is 11.3. The van der Waals surface area contributed by atoms with Gasteiger partial charge < -0.3 is 4.79 Å². The third-order valence-electron chi connectivity index (χ3n) is 5.98. The minimum absolute atomic E-state index is 0.178. The van der Waals surface area contributed by atoms with Gasteiger partial charge in [0.15, 0.2) is 0 Å². The second-order valence-electron chi connectivity index (χ2n) is 7.80. The summed E-state index contributed by atoms with van der Waals surface area (Å²) in [5, 5.41) is 0. The lowest BCUT2D eigenvalue weighted by atomic mass is 9.84. The largest absolute Gasteiger partial charge is 0.303 e. The van der Waals surface area contributed by atoms with Crippen LogP contribution in [0.2, 0.25) is 0 Å². The van der Waals surface area contributed by atoms with E-state index >= 15 is 0 Å². The maximum Gasteiger partial charge on any atom is 0.149 e. The first kappa shape index (κ1) is 20.8. The van der Waals surface area contributed by atoms with Crippen molar-refractivity contribution in [3.63, 3.8) is 0 Å². The van der Waals surface area contributed by atoms with Crippen LogP contribution in [-0.2, 0) is 9.59 Å². The average Bonchev–Trinajstić information content (AvgIpc) is 2.63. The molecule has 3 heteroatoms. The van der Waals surface area contributed by atoms with Crippen molar-refractivity contribution < 1.29 is 9.59 Å². The molecule has 2 aliphatic rings. The highest BCUT2D eigenvalue weighted by molar-refractivity contribution is 5.83. The number of carbonyl (C=O) groups excluding carboxylic acids is 2. The van der Waals surface area contributed by atoms with E-state index in [2.05, 4.69) is 23.6 Å². The highest BCUT2D eigenvalue weighted by Gasteiger charge is 2.29. The SMILES string of the molecule is C=C/C(=C\C=C/C)C1CCCCN1CC(=O)C1CCCC(C=O)CCC1. The molecule has 1 aliphatic heterocycles. The first-order valence-electron chi connectivity index (χ1n) is 10.4. The first-order valence-corrected chi connectivity index (χ1v) is 10.4. The van der Waals surface area contributed by atoms with Crippen molar-refractivity contribution in [1.82, 2.24) is 4.90 Å². The van der Waals surface area contributed by atoms with E-state index in [4.69, 9.17) is 0 Å². The summed E-state index contributed by atoms with van der Waals surface area (Å²) >= 11 is 0. The summed E-state index contributed by atoms with van der Waals surface area (Å²) in [6.45, 7) is 7.57. The summed E-state index contributed by atoms with van der Waals surface area (Å²) in [6.07, 6.45) is 18.6. The van der Waals surface area contributed by atoms with Gasteiger partial charge in [0, 0.05) is 17.9 Å². The fourth-order valence-electron chi connectivity index (χ4n) is 4.41. The molecule has 2 fully saturated rings. The molecule has 0 aromatic heterocycles. The molecular formula is C23H35NO2. The lowest BCUT2D eigenvalue weighted by Gasteiger charge is -2.37. The second-order valence-corrected chi connectivity index (χ2v) is 7.80. The van der Waals surface area contributed by atoms with E-state index in [9.17, 15) is 9.59 Å². The van der Waals surface area contributed by atoms with Gasteiger partial charge in [-0.3, -0.25) is 9.69 Å². The van der Waals surface area contributed by atoms with Crippen molar-refractivity contribution in [3.8, 4) is 0 Å². The van der Waals surface area contributed by atoms with E-state index in [1.54, 1.807) is 0 Å². The fraction of sp³-hybridized carbons (Fsp3) is 0.652. The molecule has 26 heavy (non-hydrogen) atoms. The predicted octanol–water partition coefficient (Wildman–Crippen LogP) is 4.88. The maximum atomic E-state index is 13.0. The third kappa shape index (κ3) is 6.05. The number of piperidine rings is 1. The molecular weight excluding hydrogens is 322 g/mol. The van der Waals surface area contributed by atoms with Gasteiger partial charge in [-0.2, -0.15) is 0 Å². The van der Waals surface area contributed by atoms with Crippen LogP contribution in [0.4, 0.5) is 0 Å². The standard InChI is InChI=1S/C23H35NO2/c1-3-5-12-20(4-2)22-15-6-7-16-24(22)17-23(26)21-13-8-10-19(18-25)11-9-14-21/h3-5,12,18-19,21-22H,2,6-11,13-17H2,1H3/b5-3-,20-12+. The Morgan fingerprint density at radius 3 is 2.42 bits per heavy atom. The Hall–Kier alpha value is -1.48. The van der Waals surface area contributed by atoms with Gasteiger partial charge in [0.1, 0.15) is 12.1 Å². The van der Waals surface area contributed by atoms with Crippen LogP contribution in [0.25, 0.3) is 0 Å². The number of aldehydes is 1. The lowest BCUT2D eigenvalue weighted by Crippen LogP contribution is -2.44. The molecule has 144 valence electrons. The van der Waals surface area contributed by atoms with Gasteiger partial charge in [0.25, 0.3) is 0 Å². The number of Topliss-reactive ketones (excluding diaryl/α,β-unsaturated/α-hetero) is 1. The molecule has 1 unspecified atom stereocenters. The number of carbonyl (C=O) groups is 2. The van der Waals surface area contributed by atoms with E-state index in [1.807, 2.05) is 19.1 Å². The Labute approximate surface area is 159 Å². The summed E-state index contributed by atoms with van der Waals surface area (Å²) in [4.78, 5) is 26.4. The van der Waals surface area contributed by atoms with Crippen molar-refractivity contribution in [2.24, 2.45) is 11.8 Å². The molecule has 0 bridgehead atoms. The summed E-state index contributed by atoms with van der Waals surface area (Å²) in [6, 6.07) is 0.314. The Morgan fingerprint density at radius 2 is 1.81 bits per heavy atom. The smallest absolute Gasteiger partial charge is 0.149 e. The number of allylic oxidation sites excluding steroid dienone is 3. The molecule has 1 atom stereocenters. The Kier molecular flexibility index (Phi) is 9.04. The van der Waals surface area contributed by atoms with Crippen molar-refractivity contribution >= 4 is 12.1 Å². The Balaban J connectivity index is 1.98. The molecule has 0 aromatic rings. The maximum absolute atomic E-state index is 13.0. The van der Waals surface area contributed by atoms with Crippen molar-refractivity contribution in [1.29, 1.82) is 0 Å². The van der Waals surface area contributed by atoms with Gasteiger partial charge in [0.2, 0.25) is 0 Å². The van der Waals surface area contributed by atoms with Crippen molar-refractivity contribution in [2.45, 2.75) is 70.8 Å². The lowest BCUT2D eigenvalue weighted by molar-refractivity contribution is -0.125. The number of hydrogen-bond acceptors (Lipinski definition) is 3. The van der Waals surface area contributed by atoms with E-state index in [-0.39, 0.29) is 11.8 Å². The number of likely N-dealkylation sites (tertiary alicyclic amines) is 1. The molecule has 0 N–H and O–H groups in total. The number of rotatable bonds is 7. The monoisotopic (exact) mass is 357 g/mol. The van der Waals surface area contributed by atoms with E-state index in [1.165, 1.54) is 18.4 Å². The van der Waals surface area contributed by atoms with Crippen LogP contribution in [0.1, 0.15) is 64.7 Å². The number of hydrogen-bond donors (Lipinski definition) is 0. The van der Waals surface area contributed by atoms with Gasteiger partial charge in [-0.25, -0.2) is 0 Å². The Bertz CT molecular complexity index is 524. The van der Waals surface area contributed by atoms with Crippen LogP contribution < -0.4 is 0 Å². The number of ketones is 1. The normalized spacial score (nSPS) is 29.1. The summed E-state index contributed by atoms with van der Waals surface area (Å²) < 4.78 is 0. The molecule has 0 spiro atoms. The van der Waals surface area contributed by atoms with Gasteiger partial charge in [-0.1, -0.05) is 50.1 Å². The third-order valence-corrected chi connectivity index (χ3v) is 5.98. The van der Waals surface area contributed by atoms with Gasteiger partial charge in [-0.15, -0.1) is 0 Å². The molecule has 1 saturated carbocycles. The summed E-state index contributed by atoms with van der Waals surface area (Å²) in [5.41, 5.74) is 1.22. The van der Waals surface area contributed by atoms with Crippen molar-refractivity contribution in [2.75, 3.05) is 13.1 Å². The van der Waals surface area contributed by atoms with E-state index in [0.29, 0.717) is 18.4 Å². The van der Waals surface area contributed by atoms with E-state index in [0.717, 1.165) is 57.8 Å². The zero-order valence-corrected chi connectivity index (χ0v) is 16.4. The summed E-state index contributed by atoms with van der Waals surface area (Å²) in [5.74, 6) is 0.789. The molecule has 0 radical (unpaired) electrons. The van der Waals surface area contributed by atoms with Gasteiger partial charge in [-0.05, 0) is 57.6 Å². The molecule has 0 amide bonds. The zero-order valence-electron chi connectivity index (χ0n) is 16.4. The minimum atomic E-state index is 0.178. The highest BCUT2D eigenvalue weighted by atomic mass is 16.1. The minimum Gasteiger partial charge on any atom is -0.303 e. The average molecular weight is 358 g/mol. The first-order chi connectivity index (χ1) is 12.7. The summed E-state index contributed by atoms with van der Waals surface area (Å²) in [7, 11) is 0. The van der Waals surface area contributed by atoms with Gasteiger partial charge in [0.05, 0.1) is 6.54 Å². The predicted molar refractivity (Wildman–Crippen MR) is 108 cm³/mol. The molecule has 3 nitrogen and oxygen atoms in total. The fourth-order valence-corrected chi connectivity index (χ4v) is 4.41. The van der Waals surface area contributed by atoms with Crippen LogP contribution in [0.3, 0.4) is 0 Å². The van der Waals surface area contributed by atoms with E-state index < -0.39 is 0 Å². The van der Waals surface area contributed by atoms with Crippen LogP contribution >= 0.6 is 0 Å². The van der Waals surface area contributed by atoms with Crippen LogP contribution in [-0.4, -0.2) is 36.1 Å². The zero-order chi connectivity index (χ0) is 18.8. The van der Waals surface area contributed by atoms with Crippen LogP contribution in [0, 0.1) is 11.8 Å². The van der Waals surface area contributed by atoms with Crippen molar-refractivity contribution in [3.05, 3.63) is 36.5 Å². The molecule has 0 aromatic carbocycles. The number of nitrogens with zero attached hydrogens (tertiary/aromatic N) is 1. The molecule has 1 heterocycles. The van der Waals surface area contributed by atoms with Gasteiger partial charge >= 0.3 is 0 Å².